The van der Waals surface area contributed by atoms with Crippen LogP contribution in [0.25, 0.3) is 22.2 Å². The number of esters is 1. The lowest BCUT2D eigenvalue weighted by molar-refractivity contribution is -0.146. The average molecular weight is 547 g/mol. The van der Waals surface area contributed by atoms with Gasteiger partial charge >= 0.3 is 5.97 Å². The molecule has 0 spiro atoms. The number of ether oxygens (including phenoxy) is 1. The molecular weight excluding hydrogens is 516 g/mol. The number of halogens is 1. The van der Waals surface area contributed by atoms with Crippen LogP contribution in [0.1, 0.15) is 74.0 Å². The van der Waals surface area contributed by atoms with Gasteiger partial charge in [0.05, 0.1) is 22.8 Å². The van der Waals surface area contributed by atoms with Gasteiger partial charge in [-0.15, -0.1) is 0 Å². The van der Waals surface area contributed by atoms with Crippen molar-refractivity contribution < 1.29 is 18.8 Å². The summed E-state index contributed by atoms with van der Waals surface area (Å²) in [5, 5.41) is 4.75. The summed E-state index contributed by atoms with van der Waals surface area (Å²) in [7, 11) is 0. The van der Waals surface area contributed by atoms with E-state index in [9.17, 15) is 9.59 Å². The zero-order chi connectivity index (χ0) is 27.4. The number of amides is 1. The fourth-order valence-corrected chi connectivity index (χ4v) is 6.44. The highest BCUT2D eigenvalue weighted by atomic mass is 35.5. The molecule has 2 fully saturated rings. The predicted molar refractivity (Wildman–Crippen MR) is 149 cm³/mol. The van der Waals surface area contributed by atoms with E-state index in [0.717, 1.165) is 63.5 Å². The second kappa shape index (κ2) is 9.83. The first-order valence-electron chi connectivity index (χ1n) is 13.4. The van der Waals surface area contributed by atoms with Crippen LogP contribution in [0.4, 0.5) is 5.69 Å². The zero-order valence-electron chi connectivity index (χ0n) is 22.5. The number of fused-ring (bicyclic) bond motifs is 1. The normalized spacial score (nSPS) is 21.3. The first-order chi connectivity index (χ1) is 18.7. The zero-order valence-corrected chi connectivity index (χ0v) is 23.3. The summed E-state index contributed by atoms with van der Waals surface area (Å²) in [6.45, 7) is 7.25. The molecule has 9 heteroatoms. The van der Waals surface area contributed by atoms with Crippen LogP contribution in [0.5, 0.6) is 0 Å². The van der Waals surface area contributed by atoms with Crippen LogP contribution in [-0.2, 0) is 14.3 Å². The summed E-state index contributed by atoms with van der Waals surface area (Å²) in [4.78, 5) is 31.9. The molecule has 1 aliphatic heterocycles. The third-order valence-electron chi connectivity index (χ3n) is 8.04. The molecule has 0 radical (unpaired) electrons. The molecule has 8 nitrogen and oxygen atoms in total. The second-order valence-corrected chi connectivity index (χ2v) is 11.1. The van der Waals surface area contributed by atoms with Gasteiger partial charge in [0.25, 0.3) is 0 Å². The molecule has 0 unspecified atom stereocenters. The Bertz CT molecular complexity index is 1590. The molecule has 1 saturated carbocycles. The highest BCUT2D eigenvalue weighted by Crippen LogP contribution is 2.43. The Hall–Kier alpha value is -3.65. The van der Waals surface area contributed by atoms with Crippen molar-refractivity contribution in [2.75, 3.05) is 4.90 Å². The molecule has 2 aromatic heterocycles. The van der Waals surface area contributed by atoms with E-state index < -0.39 is 0 Å². The number of rotatable bonds is 5. The molecule has 2 aromatic carbocycles. The fourth-order valence-electron chi connectivity index (χ4n) is 6.26. The van der Waals surface area contributed by atoms with Gasteiger partial charge in [-0.3, -0.25) is 9.59 Å². The highest BCUT2D eigenvalue weighted by molar-refractivity contribution is 6.31. The maximum absolute atomic E-state index is 13.2. The number of anilines is 1. The number of nitrogens with zero attached hydrogens (tertiary/aromatic N) is 4. The molecule has 1 aliphatic carbocycles. The van der Waals surface area contributed by atoms with E-state index in [1.165, 1.54) is 6.92 Å². The number of hydrogen-bond acceptors (Lipinski definition) is 6. The van der Waals surface area contributed by atoms with Gasteiger partial charge in [-0.25, -0.2) is 4.98 Å². The van der Waals surface area contributed by atoms with Crippen LogP contribution in [0, 0.1) is 20.8 Å². The van der Waals surface area contributed by atoms with Crippen LogP contribution in [0.15, 0.2) is 40.9 Å². The van der Waals surface area contributed by atoms with Gasteiger partial charge in [-0.05, 0) is 75.4 Å². The van der Waals surface area contributed by atoms with Crippen LogP contribution in [-0.4, -0.2) is 32.7 Å². The molecule has 0 bridgehead atoms. The van der Waals surface area contributed by atoms with Crippen LogP contribution >= 0.6 is 11.6 Å². The Morgan fingerprint density at radius 1 is 1.10 bits per heavy atom. The average Bonchev–Trinajstić information content (AvgIpc) is 3.66. The van der Waals surface area contributed by atoms with Crippen molar-refractivity contribution in [2.24, 2.45) is 0 Å². The van der Waals surface area contributed by atoms with Gasteiger partial charge in [0.1, 0.15) is 17.7 Å². The van der Waals surface area contributed by atoms with Gasteiger partial charge in [0, 0.05) is 42.1 Å². The molecule has 39 heavy (non-hydrogen) atoms. The minimum Gasteiger partial charge on any atom is -0.462 e. The fraction of sp³-hybridized carbons (Fsp3) is 0.400. The molecule has 3 atom stereocenters. The maximum Gasteiger partial charge on any atom is 0.302 e. The van der Waals surface area contributed by atoms with E-state index in [1.807, 2.05) is 43.9 Å². The van der Waals surface area contributed by atoms with Crippen molar-refractivity contribution in [3.8, 4) is 11.1 Å². The Labute approximate surface area is 231 Å². The summed E-state index contributed by atoms with van der Waals surface area (Å²) in [5.74, 6) is 1.40. The van der Waals surface area contributed by atoms with Crippen LogP contribution in [0.2, 0.25) is 5.02 Å². The van der Waals surface area contributed by atoms with Crippen molar-refractivity contribution in [1.82, 2.24) is 14.7 Å². The first-order valence-corrected chi connectivity index (χ1v) is 13.8. The summed E-state index contributed by atoms with van der Waals surface area (Å²) in [6.07, 6.45) is 3.33. The van der Waals surface area contributed by atoms with E-state index in [-0.39, 0.29) is 30.1 Å². The van der Waals surface area contributed by atoms with Crippen LogP contribution in [0.3, 0.4) is 0 Å². The van der Waals surface area contributed by atoms with Crippen LogP contribution < -0.4 is 4.90 Å². The molecule has 202 valence electrons. The van der Waals surface area contributed by atoms with E-state index in [0.29, 0.717) is 24.3 Å². The largest absolute Gasteiger partial charge is 0.462 e. The minimum absolute atomic E-state index is 0.0548. The number of imidazole rings is 1. The van der Waals surface area contributed by atoms with Gasteiger partial charge in [0.15, 0.2) is 0 Å². The van der Waals surface area contributed by atoms with Gasteiger partial charge in [-0.2, -0.15) is 0 Å². The van der Waals surface area contributed by atoms with E-state index >= 15 is 0 Å². The first kappa shape index (κ1) is 25.6. The molecular formula is C30H31ClN4O4. The molecule has 0 N–H and O–H groups in total. The summed E-state index contributed by atoms with van der Waals surface area (Å²) < 4.78 is 13.3. The lowest BCUT2D eigenvalue weighted by atomic mass is 10.0. The SMILES string of the molecule is CC(=O)O[C@@H]1CC[C@@H](n2c([C@@H]3CCC(=O)N3c3ccc(C)c(Cl)c3)nc3cc(-c4c(C)noc4C)ccc32)C1. The lowest BCUT2D eigenvalue weighted by Gasteiger charge is -2.27. The third kappa shape index (κ3) is 4.50. The smallest absolute Gasteiger partial charge is 0.302 e. The molecule has 2 aliphatic rings. The molecule has 6 rings (SSSR count). The van der Waals surface area contributed by atoms with Crippen molar-refractivity contribution in [3.63, 3.8) is 0 Å². The molecule has 1 amide bonds. The second-order valence-electron chi connectivity index (χ2n) is 10.7. The molecule has 1 saturated heterocycles. The van der Waals surface area contributed by atoms with E-state index in [1.54, 1.807) is 0 Å². The summed E-state index contributed by atoms with van der Waals surface area (Å²) >= 11 is 6.47. The predicted octanol–water partition coefficient (Wildman–Crippen LogP) is 6.79. The standard InChI is InChI=1S/C30H31ClN4O4/c1-16-5-7-22(15-24(16)31)34-27(11-12-28(34)37)30-32-25-13-20(29-17(2)33-39-18(29)3)6-10-26(25)35(30)21-8-9-23(14-21)38-19(4)36/h5-7,10,13,15,21,23,27H,8-9,11-12,14H2,1-4H3/t21-,23-,27+/m1/s1. The summed E-state index contributed by atoms with van der Waals surface area (Å²) in [5.41, 5.74) is 6.37. The Morgan fingerprint density at radius 3 is 2.64 bits per heavy atom. The molecule has 3 heterocycles. The Morgan fingerprint density at radius 2 is 1.92 bits per heavy atom. The van der Waals surface area contributed by atoms with Gasteiger partial charge in [0.2, 0.25) is 5.91 Å². The van der Waals surface area contributed by atoms with Crippen molar-refractivity contribution in [3.05, 3.63) is 64.3 Å². The molecule has 4 aromatic rings. The Balaban J connectivity index is 1.48. The number of benzene rings is 2. The minimum atomic E-state index is -0.260. The lowest BCUT2D eigenvalue weighted by Crippen LogP contribution is -2.29. The van der Waals surface area contributed by atoms with Crippen molar-refractivity contribution in [2.45, 2.75) is 78.0 Å². The van der Waals surface area contributed by atoms with Gasteiger partial charge < -0.3 is 18.7 Å². The third-order valence-corrected chi connectivity index (χ3v) is 8.44. The van der Waals surface area contributed by atoms with E-state index in [2.05, 4.69) is 27.9 Å². The quantitative estimate of drug-likeness (QED) is 0.256. The number of aryl methyl sites for hydroxylation is 3. The monoisotopic (exact) mass is 546 g/mol. The Kier molecular flexibility index (Phi) is 6.46. The number of hydrogen-bond donors (Lipinski definition) is 0. The number of carbonyl (C=O) groups excluding carboxylic acids is 2. The number of aromatic nitrogens is 3. The van der Waals surface area contributed by atoms with Crippen molar-refractivity contribution in [1.29, 1.82) is 0 Å². The van der Waals surface area contributed by atoms with E-state index in [4.69, 9.17) is 25.8 Å². The topological polar surface area (TPSA) is 90.5 Å². The highest BCUT2D eigenvalue weighted by Gasteiger charge is 2.39. The maximum atomic E-state index is 13.2. The summed E-state index contributed by atoms with van der Waals surface area (Å²) in [6, 6.07) is 11.9. The number of carbonyl (C=O) groups is 2. The van der Waals surface area contributed by atoms with Gasteiger partial charge in [-0.1, -0.05) is 28.9 Å². The van der Waals surface area contributed by atoms with Crippen molar-refractivity contribution >= 4 is 40.2 Å².